The van der Waals surface area contributed by atoms with Gasteiger partial charge in [0.1, 0.15) is 0 Å². The zero-order valence-corrected chi connectivity index (χ0v) is 11.9. The molecule has 2 N–H and O–H groups in total. The van der Waals surface area contributed by atoms with Gasteiger partial charge in [0.2, 0.25) is 0 Å². The van der Waals surface area contributed by atoms with Crippen LogP contribution in [0.4, 0.5) is 5.69 Å². The number of hydrogen-bond donors (Lipinski definition) is 2. The van der Waals surface area contributed by atoms with Gasteiger partial charge in [0.05, 0.1) is 11.3 Å². The first kappa shape index (κ1) is 13.9. The van der Waals surface area contributed by atoms with Crippen LogP contribution in [-0.2, 0) is 0 Å². The van der Waals surface area contributed by atoms with Crippen LogP contribution in [0.15, 0.2) is 18.2 Å². The molecule has 19 heavy (non-hydrogen) atoms. The Bertz CT molecular complexity index is 479. The average molecular weight is 262 g/mol. The van der Waals surface area contributed by atoms with Gasteiger partial charge in [-0.1, -0.05) is 12.1 Å². The molecule has 0 amide bonds. The third kappa shape index (κ3) is 2.59. The summed E-state index contributed by atoms with van der Waals surface area (Å²) >= 11 is 0. The van der Waals surface area contributed by atoms with Gasteiger partial charge in [-0.2, -0.15) is 0 Å². The molecule has 1 fully saturated rings. The molecule has 0 unspecified atom stereocenters. The number of aromatic carboxylic acids is 1. The summed E-state index contributed by atoms with van der Waals surface area (Å²) in [4.78, 5) is 13.5. The zero-order chi connectivity index (χ0) is 14.0. The number of aryl methyl sites for hydroxylation is 1. The van der Waals surface area contributed by atoms with Crippen LogP contribution >= 0.6 is 0 Å². The molecule has 0 aromatic heterocycles. The fourth-order valence-electron chi connectivity index (χ4n) is 2.70. The predicted octanol–water partition coefficient (Wildman–Crippen LogP) is 2.59. The highest BCUT2D eigenvalue weighted by Gasteiger charge is 2.38. The van der Waals surface area contributed by atoms with Crippen molar-refractivity contribution < 1.29 is 9.90 Å². The number of anilines is 1. The average Bonchev–Trinajstić information content (AvgIpc) is 2.28. The van der Waals surface area contributed by atoms with Gasteiger partial charge in [0.15, 0.2) is 0 Å². The minimum absolute atomic E-state index is 0.179. The Morgan fingerprint density at radius 3 is 2.58 bits per heavy atom. The number of carboxylic acids is 1. The molecule has 0 saturated heterocycles. The van der Waals surface area contributed by atoms with Crippen molar-refractivity contribution in [1.82, 2.24) is 4.90 Å². The fraction of sp³-hybridized carbons (Fsp3) is 0.533. The van der Waals surface area contributed by atoms with Crippen molar-refractivity contribution in [1.29, 1.82) is 0 Å². The number of carboxylic acid groups (broad SMARTS) is 1. The number of carbonyl (C=O) groups is 1. The number of likely N-dealkylation sites (N-methyl/N-ethyl adjacent to an activating group) is 1. The third-order valence-corrected chi connectivity index (χ3v) is 4.33. The molecule has 1 aromatic rings. The lowest BCUT2D eigenvalue weighted by Gasteiger charge is -2.47. The van der Waals surface area contributed by atoms with E-state index < -0.39 is 5.97 Å². The van der Waals surface area contributed by atoms with Crippen molar-refractivity contribution in [2.24, 2.45) is 0 Å². The second-order valence-corrected chi connectivity index (χ2v) is 5.63. The minimum Gasteiger partial charge on any atom is -0.478 e. The Kier molecular flexibility index (Phi) is 3.80. The van der Waals surface area contributed by atoms with E-state index in [0.29, 0.717) is 5.56 Å². The lowest BCUT2D eigenvalue weighted by Crippen LogP contribution is -2.54. The van der Waals surface area contributed by atoms with E-state index in [2.05, 4.69) is 24.3 Å². The number of para-hydroxylation sites is 1. The quantitative estimate of drug-likeness (QED) is 0.856. The predicted molar refractivity (Wildman–Crippen MR) is 76.9 cm³/mol. The third-order valence-electron chi connectivity index (χ3n) is 4.33. The van der Waals surface area contributed by atoms with Crippen molar-refractivity contribution in [3.63, 3.8) is 0 Å². The van der Waals surface area contributed by atoms with Crippen molar-refractivity contribution in [3.05, 3.63) is 29.3 Å². The van der Waals surface area contributed by atoms with E-state index in [0.717, 1.165) is 17.8 Å². The van der Waals surface area contributed by atoms with Crippen LogP contribution in [0.1, 0.15) is 35.2 Å². The van der Waals surface area contributed by atoms with E-state index in [1.165, 1.54) is 19.3 Å². The first-order chi connectivity index (χ1) is 8.96. The van der Waals surface area contributed by atoms with Crippen LogP contribution in [-0.4, -0.2) is 42.2 Å². The molecule has 1 saturated carbocycles. The maximum absolute atomic E-state index is 11.3. The SMILES string of the molecule is Cc1cccc(C(=O)O)c1NCC1(N(C)C)CCC1. The summed E-state index contributed by atoms with van der Waals surface area (Å²) in [6, 6.07) is 5.38. The molecule has 1 aliphatic rings. The van der Waals surface area contributed by atoms with Gasteiger partial charge >= 0.3 is 5.97 Å². The van der Waals surface area contributed by atoms with Gasteiger partial charge in [0, 0.05) is 12.1 Å². The second-order valence-electron chi connectivity index (χ2n) is 5.63. The van der Waals surface area contributed by atoms with Gasteiger partial charge in [-0.15, -0.1) is 0 Å². The van der Waals surface area contributed by atoms with E-state index >= 15 is 0 Å². The van der Waals surface area contributed by atoms with Gasteiger partial charge < -0.3 is 15.3 Å². The number of hydrogen-bond acceptors (Lipinski definition) is 3. The lowest BCUT2D eigenvalue weighted by molar-refractivity contribution is 0.0693. The minimum atomic E-state index is -0.876. The van der Waals surface area contributed by atoms with Crippen molar-refractivity contribution in [3.8, 4) is 0 Å². The topological polar surface area (TPSA) is 52.6 Å². The molecule has 0 aliphatic heterocycles. The summed E-state index contributed by atoms with van der Waals surface area (Å²) < 4.78 is 0. The Balaban J connectivity index is 2.17. The van der Waals surface area contributed by atoms with Crippen LogP contribution in [0.2, 0.25) is 0 Å². The normalized spacial score (nSPS) is 17.1. The van der Waals surface area contributed by atoms with Gasteiger partial charge in [0.25, 0.3) is 0 Å². The highest BCUT2D eigenvalue weighted by atomic mass is 16.4. The summed E-state index contributed by atoms with van der Waals surface area (Å²) in [5.74, 6) is -0.876. The van der Waals surface area contributed by atoms with E-state index in [-0.39, 0.29) is 5.54 Å². The molecule has 2 rings (SSSR count). The maximum Gasteiger partial charge on any atom is 0.337 e. The Labute approximate surface area is 114 Å². The molecule has 4 nitrogen and oxygen atoms in total. The summed E-state index contributed by atoms with van der Waals surface area (Å²) in [7, 11) is 4.19. The van der Waals surface area contributed by atoms with Gasteiger partial charge in [-0.25, -0.2) is 4.79 Å². The van der Waals surface area contributed by atoms with Crippen LogP contribution in [0.25, 0.3) is 0 Å². The van der Waals surface area contributed by atoms with E-state index in [9.17, 15) is 9.90 Å². The van der Waals surface area contributed by atoms with Crippen LogP contribution < -0.4 is 5.32 Å². The molecule has 104 valence electrons. The van der Waals surface area contributed by atoms with Crippen molar-refractivity contribution in [2.45, 2.75) is 31.7 Å². The van der Waals surface area contributed by atoms with E-state index in [4.69, 9.17) is 0 Å². The standard InChI is InChI=1S/C15H22N2O2/c1-11-6-4-7-12(14(18)19)13(11)16-10-15(17(2)3)8-5-9-15/h4,6-7,16H,5,8-10H2,1-3H3,(H,18,19). The van der Waals surface area contributed by atoms with Crippen LogP contribution in [0.3, 0.4) is 0 Å². The fourth-order valence-corrected chi connectivity index (χ4v) is 2.70. The largest absolute Gasteiger partial charge is 0.478 e. The maximum atomic E-state index is 11.3. The highest BCUT2D eigenvalue weighted by Crippen LogP contribution is 2.36. The molecule has 0 heterocycles. The van der Waals surface area contributed by atoms with Gasteiger partial charge in [-0.3, -0.25) is 0 Å². The number of nitrogens with one attached hydrogen (secondary N) is 1. The zero-order valence-electron chi connectivity index (χ0n) is 11.9. The smallest absolute Gasteiger partial charge is 0.337 e. The van der Waals surface area contributed by atoms with Crippen molar-refractivity contribution in [2.75, 3.05) is 26.0 Å². The molecule has 1 aliphatic carbocycles. The summed E-state index contributed by atoms with van der Waals surface area (Å²) in [6.45, 7) is 2.74. The van der Waals surface area contributed by atoms with E-state index in [1.807, 2.05) is 13.0 Å². The molecular weight excluding hydrogens is 240 g/mol. The van der Waals surface area contributed by atoms with Crippen molar-refractivity contribution >= 4 is 11.7 Å². The molecular formula is C15H22N2O2. The molecule has 0 atom stereocenters. The summed E-state index contributed by atoms with van der Waals surface area (Å²) in [6.07, 6.45) is 3.59. The van der Waals surface area contributed by atoms with E-state index in [1.54, 1.807) is 12.1 Å². The molecule has 0 radical (unpaired) electrons. The number of rotatable bonds is 5. The lowest BCUT2D eigenvalue weighted by atomic mass is 9.75. The first-order valence-corrected chi connectivity index (χ1v) is 6.70. The van der Waals surface area contributed by atoms with Crippen LogP contribution in [0.5, 0.6) is 0 Å². The Hall–Kier alpha value is -1.55. The monoisotopic (exact) mass is 262 g/mol. The van der Waals surface area contributed by atoms with Gasteiger partial charge in [-0.05, 0) is 51.9 Å². The molecule has 0 bridgehead atoms. The van der Waals surface area contributed by atoms with Crippen LogP contribution in [0, 0.1) is 6.92 Å². The Morgan fingerprint density at radius 2 is 2.11 bits per heavy atom. The molecule has 0 spiro atoms. The molecule has 4 heteroatoms. The highest BCUT2D eigenvalue weighted by molar-refractivity contribution is 5.95. The second kappa shape index (κ2) is 5.21. The summed E-state index contributed by atoms with van der Waals surface area (Å²) in [5.41, 5.74) is 2.27. The first-order valence-electron chi connectivity index (χ1n) is 6.70. The summed E-state index contributed by atoms with van der Waals surface area (Å²) in [5, 5.41) is 12.6. The Morgan fingerprint density at radius 1 is 1.42 bits per heavy atom. The number of nitrogens with zero attached hydrogens (tertiary/aromatic N) is 1. The molecule has 1 aromatic carbocycles. The number of benzene rings is 1.